The number of hydrogen-bond acceptors (Lipinski definition) is 2. The lowest BCUT2D eigenvalue weighted by atomic mass is 10.0. The van der Waals surface area contributed by atoms with E-state index in [1.807, 2.05) is 37.3 Å². The second-order valence-electron chi connectivity index (χ2n) is 6.85. The molecule has 3 nitrogen and oxygen atoms in total. The zero-order chi connectivity index (χ0) is 17.8. The van der Waals surface area contributed by atoms with Crippen molar-refractivity contribution in [1.29, 1.82) is 0 Å². The number of fused-ring (bicyclic) bond motifs is 1. The van der Waals surface area contributed by atoms with E-state index < -0.39 is 0 Å². The third-order valence-electron chi connectivity index (χ3n) is 4.60. The summed E-state index contributed by atoms with van der Waals surface area (Å²) in [6, 6.07) is 14.4. The molecule has 25 heavy (non-hydrogen) atoms. The summed E-state index contributed by atoms with van der Waals surface area (Å²) in [5.41, 5.74) is 4.66. The fourth-order valence-corrected chi connectivity index (χ4v) is 2.98. The molecule has 0 aliphatic carbocycles. The van der Waals surface area contributed by atoms with Crippen LogP contribution in [0.1, 0.15) is 55.0 Å². The van der Waals surface area contributed by atoms with E-state index in [4.69, 9.17) is 4.74 Å². The number of amides is 1. The average Bonchev–Trinajstić information content (AvgIpc) is 3.08. The molecular weight excluding hydrogens is 310 g/mol. The van der Waals surface area contributed by atoms with Gasteiger partial charge in [-0.3, -0.25) is 4.79 Å². The third kappa shape index (κ3) is 4.30. The van der Waals surface area contributed by atoms with Gasteiger partial charge >= 0.3 is 0 Å². The summed E-state index contributed by atoms with van der Waals surface area (Å²) in [4.78, 5) is 12.2. The summed E-state index contributed by atoms with van der Waals surface area (Å²) in [5, 5.41) is 3.02. The van der Waals surface area contributed by atoms with Crippen molar-refractivity contribution in [3.63, 3.8) is 0 Å². The fourth-order valence-electron chi connectivity index (χ4n) is 2.98. The molecule has 0 saturated heterocycles. The van der Waals surface area contributed by atoms with Gasteiger partial charge in [0, 0.05) is 12.5 Å². The Morgan fingerprint density at radius 3 is 2.52 bits per heavy atom. The van der Waals surface area contributed by atoms with E-state index in [0.29, 0.717) is 5.92 Å². The van der Waals surface area contributed by atoms with Crippen LogP contribution in [-0.2, 0) is 11.2 Å². The van der Waals surface area contributed by atoms with Crippen LogP contribution in [0.5, 0.6) is 5.75 Å². The average molecular weight is 335 g/mol. The zero-order valence-corrected chi connectivity index (χ0v) is 15.1. The topological polar surface area (TPSA) is 38.3 Å². The molecule has 1 atom stereocenters. The first-order valence-corrected chi connectivity index (χ1v) is 8.87. The van der Waals surface area contributed by atoms with Crippen LogP contribution >= 0.6 is 0 Å². The molecule has 0 aromatic heterocycles. The van der Waals surface area contributed by atoms with Gasteiger partial charge in [0.1, 0.15) is 5.75 Å². The smallest absolute Gasteiger partial charge is 0.244 e. The van der Waals surface area contributed by atoms with Crippen LogP contribution in [0, 0.1) is 0 Å². The maximum Gasteiger partial charge on any atom is 0.244 e. The molecule has 1 amide bonds. The van der Waals surface area contributed by atoms with Crippen molar-refractivity contribution in [3.8, 4) is 5.75 Å². The van der Waals surface area contributed by atoms with E-state index in [0.717, 1.165) is 29.9 Å². The van der Waals surface area contributed by atoms with Crippen LogP contribution in [0.25, 0.3) is 6.08 Å². The van der Waals surface area contributed by atoms with E-state index in [9.17, 15) is 4.79 Å². The van der Waals surface area contributed by atoms with Gasteiger partial charge in [-0.2, -0.15) is 0 Å². The van der Waals surface area contributed by atoms with Gasteiger partial charge in [0.25, 0.3) is 0 Å². The number of carbonyl (C=O) groups is 1. The van der Waals surface area contributed by atoms with E-state index >= 15 is 0 Å². The van der Waals surface area contributed by atoms with Crippen molar-refractivity contribution in [2.75, 3.05) is 6.61 Å². The molecular formula is C22H25NO2. The molecule has 3 heteroatoms. The lowest BCUT2D eigenvalue weighted by Gasteiger charge is -2.14. The highest BCUT2D eigenvalue weighted by Crippen LogP contribution is 2.28. The van der Waals surface area contributed by atoms with Crippen LogP contribution in [0.3, 0.4) is 0 Å². The van der Waals surface area contributed by atoms with Crippen molar-refractivity contribution < 1.29 is 9.53 Å². The van der Waals surface area contributed by atoms with Gasteiger partial charge in [0.2, 0.25) is 5.91 Å². The second-order valence-corrected chi connectivity index (χ2v) is 6.85. The molecule has 1 aliphatic rings. The highest BCUT2D eigenvalue weighted by Gasteiger charge is 2.15. The van der Waals surface area contributed by atoms with Crippen LogP contribution in [0.15, 0.2) is 48.5 Å². The van der Waals surface area contributed by atoms with Gasteiger partial charge in [-0.1, -0.05) is 44.2 Å². The Bertz CT molecular complexity index is 775. The van der Waals surface area contributed by atoms with Gasteiger partial charge in [-0.05, 0) is 53.3 Å². The molecule has 3 rings (SSSR count). The molecule has 0 radical (unpaired) electrons. The van der Waals surface area contributed by atoms with Crippen molar-refractivity contribution in [2.24, 2.45) is 0 Å². The Kier molecular flexibility index (Phi) is 5.22. The lowest BCUT2D eigenvalue weighted by molar-refractivity contribution is -0.117. The number of benzene rings is 2. The molecule has 0 spiro atoms. The number of ether oxygens (including phenoxy) is 1. The minimum atomic E-state index is -0.0859. The van der Waals surface area contributed by atoms with Crippen LogP contribution < -0.4 is 10.1 Å². The molecule has 0 saturated carbocycles. The summed E-state index contributed by atoms with van der Waals surface area (Å²) in [7, 11) is 0. The molecule has 2 aromatic rings. The van der Waals surface area contributed by atoms with Crippen molar-refractivity contribution in [1.82, 2.24) is 5.32 Å². The molecule has 1 aliphatic heterocycles. The molecule has 130 valence electrons. The summed E-state index contributed by atoms with van der Waals surface area (Å²) < 4.78 is 5.53. The quantitative estimate of drug-likeness (QED) is 0.809. The van der Waals surface area contributed by atoms with Crippen molar-refractivity contribution >= 4 is 12.0 Å². The Morgan fingerprint density at radius 1 is 1.08 bits per heavy atom. The maximum absolute atomic E-state index is 12.2. The van der Waals surface area contributed by atoms with E-state index in [1.54, 1.807) is 6.08 Å². The summed E-state index contributed by atoms with van der Waals surface area (Å²) in [6.07, 6.45) is 4.39. The number of carbonyl (C=O) groups excluding carboxylic acids is 1. The fraction of sp³-hybridized carbons (Fsp3) is 0.318. The monoisotopic (exact) mass is 335 g/mol. The molecule has 0 bridgehead atoms. The summed E-state index contributed by atoms with van der Waals surface area (Å²) >= 11 is 0. The highest BCUT2D eigenvalue weighted by molar-refractivity contribution is 5.92. The van der Waals surface area contributed by atoms with Crippen molar-refractivity contribution in [2.45, 2.75) is 39.2 Å². The third-order valence-corrected chi connectivity index (χ3v) is 4.60. The van der Waals surface area contributed by atoms with Crippen LogP contribution in [-0.4, -0.2) is 12.5 Å². The summed E-state index contributed by atoms with van der Waals surface area (Å²) in [6.45, 7) is 7.09. The van der Waals surface area contributed by atoms with Crippen molar-refractivity contribution in [3.05, 3.63) is 70.8 Å². The maximum atomic E-state index is 12.2. The molecule has 1 N–H and O–H groups in total. The van der Waals surface area contributed by atoms with Crippen LogP contribution in [0.2, 0.25) is 0 Å². The van der Waals surface area contributed by atoms with Gasteiger partial charge in [0.15, 0.2) is 0 Å². The van der Waals surface area contributed by atoms with E-state index in [2.05, 4.69) is 37.4 Å². The van der Waals surface area contributed by atoms with Gasteiger partial charge in [-0.25, -0.2) is 0 Å². The Morgan fingerprint density at radius 2 is 1.80 bits per heavy atom. The Labute approximate surface area is 149 Å². The predicted octanol–water partition coefficient (Wildman–Crippen LogP) is 4.64. The van der Waals surface area contributed by atoms with Gasteiger partial charge in [-0.15, -0.1) is 0 Å². The summed E-state index contributed by atoms with van der Waals surface area (Å²) in [5.74, 6) is 1.39. The zero-order valence-electron chi connectivity index (χ0n) is 15.1. The number of nitrogens with one attached hydrogen (secondary N) is 1. The molecule has 1 heterocycles. The molecule has 2 aromatic carbocycles. The highest BCUT2D eigenvalue weighted by atomic mass is 16.5. The first-order valence-electron chi connectivity index (χ1n) is 8.87. The predicted molar refractivity (Wildman–Crippen MR) is 102 cm³/mol. The van der Waals surface area contributed by atoms with E-state index in [1.165, 1.54) is 11.1 Å². The normalized spacial score (nSPS) is 14.4. The minimum Gasteiger partial charge on any atom is -0.493 e. The lowest BCUT2D eigenvalue weighted by Crippen LogP contribution is -2.24. The standard InChI is InChI=1S/C22H25NO2/c1-15(2)18-7-4-17(5-8-18)6-11-22(24)23-16(3)19-9-10-21-20(14-19)12-13-25-21/h4-11,14-16H,12-13H2,1-3H3,(H,23,24)/b11-6+. The Hall–Kier alpha value is -2.55. The SMILES string of the molecule is CC(C)c1ccc(/C=C/C(=O)NC(C)c2ccc3c(c2)CCO3)cc1. The Balaban J connectivity index is 1.59. The molecule has 0 fully saturated rings. The largest absolute Gasteiger partial charge is 0.493 e. The van der Waals surface area contributed by atoms with E-state index in [-0.39, 0.29) is 11.9 Å². The van der Waals surface area contributed by atoms with Gasteiger partial charge in [0.05, 0.1) is 12.6 Å². The minimum absolute atomic E-state index is 0.0358. The number of rotatable bonds is 5. The first kappa shape index (κ1) is 17.3. The first-order chi connectivity index (χ1) is 12.0. The van der Waals surface area contributed by atoms with Gasteiger partial charge < -0.3 is 10.1 Å². The number of hydrogen-bond donors (Lipinski definition) is 1. The molecule has 1 unspecified atom stereocenters. The van der Waals surface area contributed by atoms with Crippen LogP contribution in [0.4, 0.5) is 0 Å². The second kappa shape index (κ2) is 7.56.